The number of hydrogen-bond acceptors (Lipinski definition) is 3. The maximum absolute atomic E-state index is 5.57. The van der Waals surface area contributed by atoms with Crippen LogP contribution in [0.5, 0.6) is 5.88 Å². The Hall–Kier alpha value is -0.830. The van der Waals surface area contributed by atoms with Gasteiger partial charge in [-0.15, -0.1) is 16.7 Å². The van der Waals surface area contributed by atoms with E-state index in [0.29, 0.717) is 11.8 Å². The highest BCUT2D eigenvalue weighted by molar-refractivity contribution is 6.16. The lowest BCUT2D eigenvalue weighted by molar-refractivity contribution is 0.122. The van der Waals surface area contributed by atoms with Crippen LogP contribution in [0.15, 0.2) is 12.1 Å². The largest absolute Gasteiger partial charge is 0.471 e. The number of alkyl halides is 1. The molecule has 0 fully saturated rings. The zero-order chi connectivity index (χ0) is 9.90. The molecule has 0 aromatic carbocycles. The van der Waals surface area contributed by atoms with Gasteiger partial charge >= 0.3 is 0 Å². The summed E-state index contributed by atoms with van der Waals surface area (Å²) in [6, 6.07) is 3.58. The topological polar surface area (TPSA) is 35.0 Å². The van der Waals surface area contributed by atoms with Crippen LogP contribution in [0, 0.1) is 0 Å². The summed E-state index contributed by atoms with van der Waals surface area (Å²) in [5.74, 6) is 0.907. The molecule has 3 nitrogen and oxygen atoms in total. The summed E-state index contributed by atoms with van der Waals surface area (Å²) in [5.41, 5.74) is 0.514. The maximum atomic E-state index is 5.57. The van der Waals surface area contributed by atoms with Gasteiger partial charge in [-0.05, 0) is 26.8 Å². The SMILES string of the molecule is CC(C)(C)Oc1ccc(CCl)nn1. The van der Waals surface area contributed by atoms with Gasteiger partial charge in [0.2, 0.25) is 5.88 Å². The van der Waals surface area contributed by atoms with E-state index in [0.717, 1.165) is 5.69 Å². The average Bonchev–Trinajstić information content (AvgIpc) is 2.03. The van der Waals surface area contributed by atoms with Crippen LogP contribution < -0.4 is 4.74 Å². The van der Waals surface area contributed by atoms with E-state index >= 15 is 0 Å². The molecular formula is C9H13ClN2O. The molecule has 1 rings (SSSR count). The molecular weight excluding hydrogens is 188 g/mol. The molecule has 0 saturated carbocycles. The highest BCUT2D eigenvalue weighted by atomic mass is 35.5. The van der Waals surface area contributed by atoms with Crippen molar-refractivity contribution in [3.8, 4) is 5.88 Å². The first-order valence-corrected chi connectivity index (χ1v) is 4.62. The molecule has 72 valence electrons. The summed E-state index contributed by atoms with van der Waals surface area (Å²) >= 11 is 5.57. The van der Waals surface area contributed by atoms with Crippen LogP contribution in [0.25, 0.3) is 0 Å². The second-order valence-corrected chi connectivity index (χ2v) is 3.98. The van der Waals surface area contributed by atoms with Crippen LogP contribution in [-0.4, -0.2) is 15.8 Å². The quantitative estimate of drug-likeness (QED) is 0.688. The fraction of sp³-hybridized carbons (Fsp3) is 0.556. The van der Waals surface area contributed by atoms with Gasteiger partial charge in [0.1, 0.15) is 5.60 Å². The highest BCUT2D eigenvalue weighted by Crippen LogP contribution is 2.14. The van der Waals surface area contributed by atoms with E-state index < -0.39 is 0 Å². The number of nitrogens with zero attached hydrogens (tertiary/aromatic N) is 2. The molecule has 1 heterocycles. The van der Waals surface area contributed by atoms with Crippen molar-refractivity contribution >= 4 is 11.6 Å². The predicted molar refractivity (Wildman–Crippen MR) is 52.0 cm³/mol. The van der Waals surface area contributed by atoms with E-state index in [1.165, 1.54) is 0 Å². The molecule has 0 aliphatic rings. The third-order valence-electron chi connectivity index (χ3n) is 1.24. The summed E-state index contributed by atoms with van der Waals surface area (Å²) < 4.78 is 5.48. The first kappa shape index (κ1) is 10.3. The van der Waals surface area contributed by atoms with Crippen molar-refractivity contribution in [1.29, 1.82) is 0 Å². The Kier molecular flexibility index (Phi) is 3.09. The molecule has 0 unspecified atom stereocenters. The monoisotopic (exact) mass is 200 g/mol. The van der Waals surface area contributed by atoms with E-state index in [4.69, 9.17) is 16.3 Å². The minimum absolute atomic E-state index is 0.239. The van der Waals surface area contributed by atoms with Gasteiger partial charge in [0.15, 0.2) is 0 Å². The van der Waals surface area contributed by atoms with Gasteiger partial charge in [-0.1, -0.05) is 0 Å². The number of aromatic nitrogens is 2. The van der Waals surface area contributed by atoms with Gasteiger partial charge in [-0.25, -0.2) is 0 Å². The molecule has 4 heteroatoms. The van der Waals surface area contributed by atoms with Crippen molar-refractivity contribution in [1.82, 2.24) is 10.2 Å². The van der Waals surface area contributed by atoms with Crippen LogP contribution >= 0.6 is 11.6 Å². The normalized spacial score (nSPS) is 11.4. The molecule has 0 radical (unpaired) electrons. The molecule has 13 heavy (non-hydrogen) atoms. The molecule has 1 aromatic heterocycles. The van der Waals surface area contributed by atoms with E-state index in [9.17, 15) is 0 Å². The van der Waals surface area contributed by atoms with Gasteiger partial charge in [0.05, 0.1) is 11.6 Å². The van der Waals surface area contributed by atoms with Gasteiger partial charge in [-0.2, -0.15) is 5.10 Å². The van der Waals surface area contributed by atoms with Crippen molar-refractivity contribution in [2.24, 2.45) is 0 Å². The van der Waals surface area contributed by atoms with E-state index in [-0.39, 0.29) is 5.60 Å². The van der Waals surface area contributed by atoms with E-state index in [2.05, 4.69) is 10.2 Å². The first-order valence-electron chi connectivity index (χ1n) is 4.09. The lowest BCUT2D eigenvalue weighted by Gasteiger charge is -2.19. The number of halogens is 1. The predicted octanol–water partition coefficient (Wildman–Crippen LogP) is 2.39. The Labute approximate surface area is 83.1 Å². The van der Waals surface area contributed by atoms with Gasteiger partial charge in [-0.3, -0.25) is 0 Å². The summed E-state index contributed by atoms with van der Waals surface area (Å²) in [5, 5.41) is 7.75. The van der Waals surface area contributed by atoms with Crippen molar-refractivity contribution in [3.05, 3.63) is 17.8 Å². The van der Waals surface area contributed by atoms with Crippen LogP contribution in [0.4, 0.5) is 0 Å². The molecule has 0 saturated heterocycles. The minimum atomic E-state index is -0.239. The highest BCUT2D eigenvalue weighted by Gasteiger charge is 2.12. The molecule has 1 aromatic rings. The number of rotatable bonds is 2. The van der Waals surface area contributed by atoms with Crippen molar-refractivity contribution in [2.45, 2.75) is 32.3 Å². The van der Waals surface area contributed by atoms with Crippen LogP contribution in [0.3, 0.4) is 0 Å². The summed E-state index contributed by atoms with van der Waals surface area (Å²) in [7, 11) is 0. The van der Waals surface area contributed by atoms with E-state index in [1.54, 1.807) is 12.1 Å². The van der Waals surface area contributed by atoms with Crippen LogP contribution in [0.1, 0.15) is 26.5 Å². The Morgan fingerprint density at radius 2 is 2.00 bits per heavy atom. The fourth-order valence-electron chi connectivity index (χ4n) is 0.787. The Morgan fingerprint density at radius 1 is 1.31 bits per heavy atom. The minimum Gasteiger partial charge on any atom is -0.471 e. The lowest BCUT2D eigenvalue weighted by Crippen LogP contribution is -2.23. The molecule has 0 bridgehead atoms. The molecule has 0 atom stereocenters. The average molecular weight is 201 g/mol. The Balaban J connectivity index is 2.70. The van der Waals surface area contributed by atoms with E-state index in [1.807, 2.05) is 20.8 Å². The number of ether oxygens (including phenoxy) is 1. The Morgan fingerprint density at radius 3 is 2.38 bits per heavy atom. The lowest BCUT2D eigenvalue weighted by atomic mass is 10.2. The van der Waals surface area contributed by atoms with Gasteiger partial charge in [0, 0.05) is 6.07 Å². The molecule has 0 aliphatic heterocycles. The fourth-order valence-corrected chi connectivity index (χ4v) is 0.930. The molecule has 0 spiro atoms. The number of hydrogen-bond donors (Lipinski definition) is 0. The van der Waals surface area contributed by atoms with Crippen LogP contribution in [-0.2, 0) is 5.88 Å². The zero-order valence-corrected chi connectivity index (χ0v) is 8.80. The van der Waals surface area contributed by atoms with Crippen molar-refractivity contribution in [2.75, 3.05) is 0 Å². The second-order valence-electron chi connectivity index (χ2n) is 3.71. The molecule has 0 amide bonds. The molecule has 0 N–H and O–H groups in total. The first-order chi connectivity index (χ1) is 6.01. The third-order valence-corrected chi connectivity index (χ3v) is 1.52. The van der Waals surface area contributed by atoms with Crippen LogP contribution in [0.2, 0.25) is 0 Å². The standard InChI is InChI=1S/C9H13ClN2O/c1-9(2,3)13-8-5-4-7(6-10)11-12-8/h4-5H,6H2,1-3H3. The van der Waals surface area contributed by atoms with Gasteiger partial charge < -0.3 is 4.74 Å². The third kappa shape index (κ3) is 3.59. The Bertz CT molecular complexity index is 266. The van der Waals surface area contributed by atoms with Crippen molar-refractivity contribution < 1.29 is 4.74 Å². The van der Waals surface area contributed by atoms with Gasteiger partial charge in [0.25, 0.3) is 0 Å². The summed E-state index contributed by atoms with van der Waals surface area (Å²) in [4.78, 5) is 0. The molecule has 0 aliphatic carbocycles. The summed E-state index contributed by atoms with van der Waals surface area (Å²) in [6.45, 7) is 5.89. The summed E-state index contributed by atoms with van der Waals surface area (Å²) in [6.07, 6.45) is 0. The maximum Gasteiger partial charge on any atom is 0.233 e. The second kappa shape index (κ2) is 3.92. The smallest absolute Gasteiger partial charge is 0.233 e. The zero-order valence-electron chi connectivity index (χ0n) is 8.04. The van der Waals surface area contributed by atoms with Crippen molar-refractivity contribution in [3.63, 3.8) is 0 Å².